The summed E-state index contributed by atoms with van der Waals surface area (Å²) in [6.45, 7) is 1.93. The van der Waals surface area contributed by atoms with Crippen molar-refractivity contribution in [3.05, 3.63) is 77.0 Å². The summed E-state index contributed by atoms with van der Waals surface area (Å²) in [5.74, 6) is -0.588. The van der Waals surface area contributed by atoms with E-state index in [4.69, 9.17) is 11.6 Å². The molecule has 3 rings (SSSR count). The molecule has 1 aromatic heterocycles. The molecular weight excluding hydrogens is 343 g/mol. The molecule has 5 nitrogen and oxygen atoms in total. The van der Waals surface area contributed by atoms with E-state index in [0.29, 0.717) is 10.8 Å². The zero-order chi connectivity index (χ0) is 17.8. The van der Waals surface area contributed by atoms with Gasteiger partial charge in [-0.05, 0) is 36.8 Å². The summed E-state index contributed by atoms with van der Waals surface area (Å²) in [6.07, 6.45) is 2.75. The Bertz CT molecular complexity index is 915. The van der Waals surface area contributed by atoms with E-state index in [9.17, 15) is 9.18 Å². The number of amides is 1. The number of halogens is 2. The second kappa shape index (κ2) is 7.27. The zero-order valence-corrected chi connectivity index (χ0v) is 14.0. The lowest BCUT2D eigenvalue weighted by atomic mass is 10.2. The van der Waals surface area contributed by atoms with Crippen LogP contribution in [0.4, 0.5) is 21.6 Å². The van der Waals surface area contributed by atoms with Gasteiger partial charge in [0.25, 0.3) is 5.91 Å². The van der Waals surface area contributed by atoms with Crippen molar-refractivity contribution in [2.45, 2.75) is 6.92 Å². The van der Waals surface area contributed by atoms with Crippen LogP contribution in [-0.4, -0.2) is 15.9 Å². The first kappa shape index (κ1) is 16.9. The standard InChI is InChI=1S/C18H14ClFN4O/c1-11-6-7-12(19)8-15(11)23-17-10-21-16(9-22-17)18(25)24-14-5-3-2-4-13(14)20/h2-10H,1H3,(H,22,23)(H,24,25). The topological polar surface area (TPSA) is 66.9 Å². The van der Waals surface area contributed by atoms with Gasteiger partial charge in [0, 0.05) is 10.7 Å². The van der Waals surface area contributed by atoms with Gasteiger partial charge < -0.3 is 10.6 Å². The SMILES string of the molecule is Cc1ccc(Cl)cc1Nc1cnc(C(=O)Nc2ccccc2F)cn1. The molecule has 25 heavy (non-hydrogen) atoms. The Kier molecular flexibility index (Phi) is 4.90. The van der Waals surface area contributed by atoms with E-state index < -0.39 is 11.7 Å². The fourth-order valence-corrected chi connectivity index (χ4v) is 2.30. The first-order valence-electron chi connectivity index (χ1n) is 7.44. The number of anilines is 3. The van der Waals surface area contributed by atoms with Gasteiger partial charge >= 0.3 is 0 Å². The van der Waals surface area contributed by atoms with Gasteiger partial charge in [-0.15, -0.1) is 0 Å². The quantitative estimate of drug-likeness (QED) is 0.718. The third-order valence-corrected chi connectivity index (χ3v) is 3.70. The molecule has 3 aromatic rings. The minimum absolute atomic E-state index is 0.0802. The molecule has 0 aliphatic carbocycles. The van der Waals surface area contributed by atoms with Crippen LogP contribution in [0, 0.1) is 12.7 Å². The maximum absolute atomic E-state index is 13.6. The monoisotopic (exact) mass is 356 g/mol. The second-order valence-electron chi connectivity index (χ2n) is 5.31. The molecule has 1 heterocycles. The Hall–Kier alpha value is -2.99. The van der Waals surface area contributed by atoms with E-state index >= 15 is 0 Å². The summed E-state index contributed by atoms with van der Waals surface area (Å²) in [4.78, 5) is 20.3. The van der Waals surface area contributed by atoms with Crippen molar-refractivity contribution in [1.29, 1.82) is 0 Å². The zero-order valence-electron chi connectivity index (χ0n) is 13.3. The van der Waals surface area contributed by atoms with Gasteiger partial charge in [0.05, 0.1) is 18.1 Å². The van der Waals surface area contributed by atoms with Gasteiger partial charge in [-0.1, -0.05) is 29.8 Å². The molecule has 2 N–H and O–H groups in total. The van der Waals surface area contributed by atoms with Crippen molar-refractivity contribution in [2.75, 3.05) is 10.6 Å². The summed E-state index contributed by atoms with van der Waals surface area (Å²) in [5, 5.41) is 6.15. The number of hydrogen-bond donors (Lipinski definition) is 2. The Labute approximate surface area is 148 Å². The molecule has 0 saturated heterocycles. The average molecular weight is 357 g/mol. The number of carbonyl (C=O) groups is 1. The van der Waals surface area contributed by atoms with Crippen LogP contribution in [0.5, 0.6) is 0 Å². The predicted molar refractivity (Wildman–Crippen MR) is 95.9 cm³/mol. The highest BCUT2D eigenvalue weighted by Gasteiger charge is 2.11. The van der Waals surface area contributed by atoms with Gasteiger partial charge in [-0.3, -0.25) is 4.79 Å². The Morgan fingerprint density at radius 2 is 1.88 bits per heavy atom. The lowest BCUT2D eigenvalue weighted by Gasteiger charge is -2.09. The highest BCUT2D eigenvalue weighted by atomic mass is 35.5. The Morgan fingerprint density at radius 1 is 1.08 bits per heavy atom. The Morgan fingerprint density at radius 3 is 2.60 bits per heavy atom. The van der Waals surface area contributed by atoms with E-state index in [1.54, 1.807) is 24.3 Å². The van der Waals surface area contributed by atoms with Gasteiger partial charge in [-0.25, -0.2) is 14.4 Å². The summed E-state index contributed by atoms with van der Waals surface area (Å²) < 4.78 is 13.6. The van der Waals surface area contributed by atoms with Crippen molar-refractivity contribution in [1.82, 2.24) is 9.97 Å². The smallest absolute Gasteiger partial charge is 0.275 e. The molecule has 0 saturated carbocycles. The van der Waals surface area contributed by atoms with Crippen molar-refractivity contribution >= 4 is 34.7 Å². The molecule has 2 aromatic carbocycles. The summed E-state index contributed by atoms with van der Waals surface area (Å²) in [7, 11) is 0. The van der Waals surface area contributed by atoms with Crippen LogP contribution in [0.3, 0.4) is 0 Å². The first-order chi connectivity index (χ1) is 12.0. The first-order valence-corrected chi connectivity index (χ1v) is 7.82. The second-order valence-corrected chi connectivity index (χ2v) is 5.74. The van der Waals surface area contributed by atoms with Crippen molar-refractivity contribution in [2.24, 2.45) is 0 Å². The van der Waals surface area contributed by atoms with Gasteiger partial charge in [0.1, 0.15) is 17.3 Å². The number of benzene rings is 2. The van der Waals surface area contributed by atoms with Crippen LogP contribution in [0.25, 0.3) is 0 Å². The van der Waals surface area contributed by atoms with E-state index in [1.165, 1.54) is 24.5 Å². The molecule has 0 radical (unpaired) electrons. The number of para-hydroxylation sites is 1. The van der Waals surface area contributed by atoms with Crippen LogP contribution in [0.1, 0.15) is 16.1 Å². The largest absolute Gasteiger partial charge is 0.339 e. The minimum Gasteiger partial charge on any atom is -0.339 e. The molecule has 0 bridgehead atoms. The molecular formula is C18H14ClFN4O. The van der Waals surface area contributed by atoms with E-state index in [2.05, 4.69) is 20.6 Å². The fourth-order valence-electron chi connectivity index (χ4n) is 2.13. The summed E-state index contributed by atoms with van der Waals surface area (Å²) in [6, 6.07) is 11.4. The number of aromatic nitrogens is 2. The van der Waals surface area contributed by atoms with Crippen molar-refractivity contribution in [3.63, 3.8) is 0 Å². The molecule has 0 fully saturated rings. The Balaban J connectivity index is 1.72. The summed E-state index contributed by atoms with van der Waals surface area (Å²) in [5.41, 5.74) is 1.96. The van der Waals surface area contributed by atoms with Crippen LogP contribution in [0.2, 0.25) is 5.02 Å². The highest BCUT2D eigenvalue weighted by molar-refractivity contribution is 6.30. The average Bonchev–Trinajstić information content (AvgIpc) is 2.61. The number of nitrogens with zero attached hydrogens (tertiary/aromatic N) is 2. The third-order valence-electron chi connectivity index (χ3n) is 3.47. The maximum Gasteiger partial charge on any atom is 0.275 e. The van der Waals surface area contributed by atoms with Gasteiger partial charge in [0.15, 0.2) is 0 Å². The van der Waals surface area contributed by atoms with Crippen LogP contribution in [-0.2, 0) is 0 Å². The number of carbonyl (C=O) groups excluding carboxylic acids is 1. The highest BCUT2D eigenvalue weighted by Crippen LogP contribution is 2.23. The molecule has 126 valence electrons. The van der Waals surface area contributed by atoms with Crippen molar-refractivity contribution in [3.8, 4) is 0 Å². The predicted octanol–water partition coefficient (Wildman–Crippen LogP) is 4.57. The maximum atomic E-state index is 13.6. The lowest BCUT2D eigenvalue weighted by molar-refractivity contribution is 0.102. The third kappa shape index (κ3) is 4.10. The fraction of sp³-hybridized carbons (Fsp3) is 0.0556. The lowest BCUT2D eigenvalue weighted by Crippen LogP contribution is -2.15. The minimum atomic E-state index is -0.539. The van der Waals surface area contributed by atoms with Gasteiger partial charge in [-0.2, -0.15) is 0 Å². The van der Waals surface area contributed by atoms with E-state index in [1.807, 2.05) is 13.0 Å². The molecule has 7 heteroatoms. The van der Waals surface area contributed by atoms with E-state index in [0.717, 1.165) is 11.3 Å². The van der Waals surface area contributed by atoms with Crippen LogP contribution in [0.15, 0.2) is 54.9 Å². The molecule has 0 aliphatic rings. The molecule has 1 amide bonds. The number of rotatable bonds is 4. The molecule has 0 spiro atoms. The van der Waals surface area contributed by atoms with Crippen LogP contribution >= 0.6 is 11.6 Å². The molecule has 0 unspecified atom stereocenters. The molecule has 0 aliphatic heterocycles. The van der Waals surface area contributed by atoms with E-state index in [-0.39, 0.29) is 11.4 Å². The van der Waals surface area contributed by atoms with Crippen LogP contribution < -0.4 is 10.6 Å². The summed E-state index contributed by atoms with van der Waals surface area (Å²) >= 11 is 5.98. The number of nitrogens with one attached hydrogen (secondary N) is 2. The number of hydrogen-bond acceptors (Lipinski definition) is 4. The van der Waals surface area contributed by atoms with Crippen molar-refractivity contribution < 1.29 is 9.18 Å². The normalized spacial score (nSPS) is 10.4. The van der Waals surface area contributed by atoms with Gasteiger partial charge in [0.2, 0.25) is 0 Å². The number of aryl methyl sites for hydroxylation is 1. The molecule has 0 atom stereocenters.